The summed E-state index contributed by atoms with van der Waals surface area (Å²) >= 11 is -0.0229. The summed E-state index contributed by atoms with van der Waals surface area (Å²) in [5.41, 5.74) is 0. The van der Waals surface area contributed by atoms with Crippen LogP contribution < -0.4 is 3.69 Å². The molecule has 0 spiro atoms. The molecule has 2 rings (SSSR count). The third-order valence-electron chi connectivity index (χ3n) is 2.40. The van der Waals surface area contributed by atoms with Crippen LogP contribution in [-0.4, -0.2) is 20.4 Å². The van der Waals surface area contributed by atoms with E-state index in [0.717, 1.165) is 0 Å². The first-order valence-corrected chi connectivity index (χ1v) is 6.59. The van der Waals surface area contributed by atoms with Gasteiger partial charge in [0.25, 0.3) is 0 Å². The van der Waals surface area contributed by atoms with Gasteiger partial charge in [-0.1, -0.05) is 49.4 Å². The summed E-state index contributed by atoms with van der Waals surface area (Å²) in [5, 5.41) is 2.86. The minimum absolute atomic E-state index is 0. The molecule has 0 amide bonds. The van der Waals surface area contributed by atoms with E-state index >= 15 is 0 Å². The third kappa shape index (κ3) is 2.50. The lowest BCUT2D eigenvalue weighted by molar-refractivity contribution is 1.46. The van der Waals surface area contributed by atoms with Crippen LogP contribution in [0.5, 0.6) is 0 Å². The molecule has 0 fully saturated rings. The predicted octanol–water partition coefficient (Wildman–Crippen LogP) is 3.19. The average Bonchev–Trinajstić information content (AvgIpc) is 2.19. The van der Waals surface area contributed by atoms with Gasteiger partial charge < -0.3 is 0 Å². The Morgan fingerprint density at radius 2 is 1.71 bits per heavy atom. The fourth-order valence-electron chi connectivity index (χ4n) is 1.78. The second-order valence-corrected chi connectivity index (χ2v) is 5.65. The van der Waals surface area contributed by atoms with Gasteiger partial charge in [0, 0.05) is 0 Å². The Bertz CT molecular complexity index is 406. The van der Waals surface area contributed by atoms with Crippen LogP contribution >= 0.6 is 17.0 Å². The van der Waals surface area contributed by atoms with E-state index in [2.05, 4.69) is 49.4 Å². The van der Waals surface area contributed by atoms with E-state index in [4.69, 9.17) is 0 Å². The molecule has 2 aromatic carbocycles. The molecule has 2 aromatic rings. The Balaban J connectivity index is 0.000000980. The van der Waals surface area contributed by atoms with Gasteiger partial charge in [-0.2, -0.15) is 3.69 Å². The zero-order chi connectivity index (χ0) is 9.10. The van der Waals surface area contributed by atoms with Crippen molar-refractivity contribution in [1.82, 2.24) is 0 Å². The van der Waals surface area contributed by atoms with Gasteiger partial charge in [0.05, 0.1) is 0 Å². The van der Waals surface area contributed by atoms with Gasteiger partial charge in [-0.25, -0.2) is 0 Å². The fourth-order valence-corrected chi connectivity index (χ4v) is 3.21. The molecule has 0 heterocycles. The Morgan fingerprint density at radius 1 is 1.00 bits per heavy atom. The third-order valence-corrected chi connectivity index (χ3v) is 4.05. The highest BCUT2D eigenvalue weighted by Gasteiger charge is 2.00. The van der Waals surface area contributed by atoms with E-state index in [9.17, 15) is 0 Å². The van der Waals surface area contributed by atoms with Gasteiger partial charge in [-0.05, 0) is 10.8 Å². The van der Waals surface area contributed by atoms with E-state index in [1.165, 1.54) is 15.3 Å². The van der Waals surface area contributed by atoms with Crippen molar-refractivity contribution in [2.24, 2.45) is 0 Å². The van der Waals surface area contributed by atoms with Crippen molar-refractivity contribution in [2.45, 2.75) is 11.5 Å². The minimum Gasteiger partial charge on any atom is -0.166 e. The van der Waals surface area contributed by atoms with Crippen LogP contribution in [-0.2, 0) is 0 Å². The van der Waals surface area contributed by atoms with E-state index < -0.39 is 0 Å². The van der Waals surface area contributed by atoms with E-state index in [0.29, 0.717) is 0 Å². The van der Waals surface area contributed by atoms with Crippen LogP contribution in [0.1, 0.15) is 6.92 Å². The first-order valence-electron chi connectivity index (χ1n) is 4.88. The van der Waals surface area contributed by atoms with Gasteiger partial charge in [0.2, 0.25) is 0 Å². The second kappa shape index (κ2) is 5.74. The van der Waals surface area contributed by atoms with Crippen molar-refractivity contribution >= 4 is 51.8 Å². The molecule has 0 aromatic heterocycles. The maximum Gasteiger partial charge on any atom is 0.409 e. The van der Waals surface area contributed by atoms with Crippen molar-refractivity contribution in [1.29, 1.82) is 0 Å². The quantitative estimate of drug-likeness (QED) is 0.728. The first kappa shape index (κ1) is 12.0. The van der Waals surface area contributed by atoms with Crippen LogP contribution in [0.25, 0.3) is 10.8 Å². The summed E-state index contributed by atoms with van der Waals surface area (Å²) in [7, 11) is 0. The summed E-state index contributed by atoms with van der Waals surface area (Å²) in [6.45, 7) is 2.29. The standard InChI is InChI=1S/C10H7.C2H5.BrH.Mg/c1-2-6-10-8-4-3-7-9(10)5-1;1-2;;/h1-7H;1H2,2H3;1H;. The Kier molecular flexibility index (Phi) is 4.92. The Hall–Kier alpha value is -0.0538. The van der Waals surface area contributed by atoms with E-state index in [-0.39, 0.29) is 37.3 Å². The highest BCUT2D eigenvalue weighted by atomic mass is 79.9. The van der Waals surface area contributed by atoms with Gasteiger partial charge in [0.1, 0.15) is 0 Å². The van der Waals surface area contributed by atoms with Crippen molar-refractivity contribution in [3.63, 3.8) is 0 Å². The monoisotopic (exact) mass is 260 g/mol. The lowest BCUT2D eigenvalue weighted by Crippen LogP contribution is -2.13. The molecule has 0 aliphatic rings. The van der Waals surface area contributed by atoms with Crippen LogP contribution in [0, 0.1) is 0 Å². The van der Waals surface area contributed by atoms with Crippen molar-refractivity contribution in [3.8, 4) is 0 Å². The molecule has 0 unspecified atom stereocenters. The maximum absolute atomic E-state index is 2.29. The van der Waals surface area contributed by atoms with Crippen LogP contribution in [0.3, 0.4) is 0 Å². The smallest absolute Gasteiger partial charge is 0.166 e. The molecule has 0 aliphatic heterocycles. The van der Waals surface area contributed by atoms with E-state index in [1.807, 2.05) is 0 Å². The highest BCUT2D eigenvalue weighted by Crippen LogP contribution is 2.10. The molecule has 0 nitrogen and oxygen atoms in total. The average molecular weight is 261 g/mol. The number of benzene rings is 2. The molecule has 0 radical (unpaired) electrons. The van der Waals surface area contributed by atoms with Crippen molar-refractivity contribution in [3.05, 3.63) is 42.5 Å². The molecular weight excluding hydrogens is 248 g/mol. The normalized spacial score (nSPS) is 9.21. The van der Waals surface area contributed by atoms with Crippen LogP contribution in [0.4, 0.5) is 0 Å². The predicted molar refractivity (Wildman–Crippen MR) is 70.1 cm³/mol. The second-order valence-electron chi connectivity index (χ2n) is 3.39. The van der Waals surface area contributed by atoms with E-state index in [1.54, 1.807) is 3.69 Å². The Labute approximate surface area is 105 Å². The Morgan fingerprint density at radius 3 is 2.50 bits per heavy atom. The molecule has 0 saturated heterocycles. The molecule has 70 valence electrons. The minimum atomic E-state index is -0.0229. The summed E-state index contributed by atoms with van der Waals surface area (Å²) < 4.78 is 2.97. The maximum atomic E-state index is 2.29. The van der Waals surface area contributed by atoms with Crippen LogP contribution in [0.15, 0.2) is 42.5 Å². The first-order chi connectivity index (χ1) is 6.42. The number of halogens is 1. The van der Waals surface area contributed by atoms with Gasteiger partial charge in [-0.3, -0.25) is 0 Å². The molecule has 0 saturated carbocycles. The zero-order valence-electron chi connectivity index (χ0n) is 8.36. The molecule has 0 bridgehead atoms. The van der Waals surface area contributed by atoms with Gasteiger partial charge in [-0.15, -0.1) is 21.5 Å². The molecular formula is C12H13BrMg. The molecule has 0 atom stereocenters. The van der Waals surface area contributed by atoms with Crippen LogP contribution in [0.2, 0.25) is 4.55 Å². The lowest BCUT2D eigenvalue weighted by atomic mass is 10.1. The van der Waals surface area contributed by atoms with Crippen molar-refractivity contribution in [2.75, 3.05) is 0 Å². The van der Waals surface area contributed by atoms with Gasteiger partial charge in [0.15, 0.2) is 0 Å². The SMILES string of the molecule is Br.C[CH2][Mg][c]1cccc2ccccc12. The molecule has 2 heteroatoms. The summed E-state index contributed by atoms with van der Waals surface area (Å²) in [4.78, 5) is 0. The number of hydrogen-bond acceptors (Lipinski definition) is 0. The largest absolute Gasteiger partial charge is 0.409 e. The highest BCUT2D eigenvalue weighted by molar-refractivity contribution is 8.93. The topological polar surface area (TPSA) is 0 Å². The lowest BCUT2D eigenvalue weighted by Gasteiger charge is -2.03. The summed E-state index contributed by atoms with van der Waals surface area (Å²) in [6.07, 6.45) is 0. The number of hydrogen-bond donors (Lipinski definition) is 0. The zero-order valence-corrected chi connectivity index (χ0v) is 11.5. The van der Waals surface area contributed by atoms with Crippen molar-refractivity contribution < 1.29 is 0 Å². The molecule has 0 N–H and O–H groups in total. The summed E-state index contributed by atoms with van der Waals surface area (Å²) in [5.74, 6) is 0. The molecule has 14 heavy (non-hydrogen) atoms. The number of fused-ring (bicyclic) bond motifs is 1. The summed E-state index contributed by atoms with van der Waals surface area (Å²) in [6, 6.07) is 15.4. The number of rotatable bonds is 2. The molecule has 0 aliphatic carbocycles. The van der Waals surface area contributed by atoms with Gasteiger partial charge >= 0.3 is 20.4 Å². The fraction of sp³-hybridized carbons (Fsp3) is 0.167.